The number of rotatable bonds is 6. The van der Waals surface area contributed by atoms with E-state index in [0.29, 0.717) is 16.9 Å². The summed E-state index contributed by atoms with van der Waals surface area (Å²) in [6.45, 7) is 0. The quantitative estimate of drug-likeness (QED) is 0.152. The van der Waals surface area contributed by atoms with E-state index >= 15 is 0 Å². The lowest BCUT2D eigenvalue weighted by atomic mass is 10.1. The largest absolute Gasteiger partial charge is 0.460 e. The first-order valence-electron chi connectivity index (χ1n) is 11.3. The van der Waals surface area contributed by atoms with Crippen LogP contribution >= 0.6 is 22.9 Å². The molecule has 5 nitrogen and oxygen atoms in total. The second-order valence-corrected chi connectivity index (χ2v) is 9.54. The van der Waals surface area contributed by atoms with Gasteiger partial charge in [-0.2, -0.15) is 27.1 Å². The lowest BCUT2D eigenvalue weighted by molar-refractivity contribution is -0.289. The summed E-state index contributed by atoms with van der Waals surface area (Å²) in [5.74, 6) is -5.69. The number of para-hydroxylation sites is 2. The molecule has 0 aliphatic rings. The zero-order valence-electron chi connectivity index (χ0n) is 19.6. The molecular formula is C27H16ClF5N4OS. The highest BCUT2D eigenvalue weighted by molar-refractivity contribution is 7.16. The van der Waals surface area contributed by atoms with Crippen LogP contribution in [0.25, 0.3) is 22.3 Å². The Morgan fingerprint density at radius 1 is 0.872 bits per heavy atom. The molecule has 0 unspecified atom stereocenters. The van der Waals surface area contributed by atoms with Gasteiger partial charge in [-0.25, -0.2) is 9.50 Å². The van der Waals surface area contributed by atoms with Gasteiger partial charge in [0.1, 0.15) is 5.69 Å². The number of halogens is 6. The summed E-state index contributed by atoms with van der Waals surface area (Å²) in [7, 11) is 0. The van der Waals surface area contributed by atoms with Crippen molar-refractivity contribution in [3.05, 3.63) is 107 Å². The summed E-state index contributed by atoms with van der Waals surface area (Å²) in [5.41, 5.74) is 1.67. The third-order valence-corrected chi connectivity index (χ3v) is 6.93. The van der Waals surface area contributed by atoms with Gasteiger partial charge >= 0.3 is 12.1 Å². The number of carbonyl (C=O) groups is 1. The Morgan fingerprint density at radius 3 is 2.00 bits per heavy atom. The van der Waals surface area contributed by atoms with Crippen LogP contribution < -0.4 is 4.90 Å². The van der Waals surface area contributed by atoms with Crippen molar-refractivity contribution in [2.45, 2.75) is 12.1 Å². The molecule has 0 fully saturated rings. The van der Waals surface area contributed by atoms with Crippen LogP contribution in [-0.4, -0.2) is 26.7 Å². The van der Waals surface area contributed by atoms with Crippen molar-refractivity contribution >= 4 is 51.3 Å². The van der Waals surface area contributed by atoms with Gasteiger partial charge in [0.2, 0.25) is 4.96 Å². The number of nitrogens with zero attached hydrogens (tertiary/aromatic N) is 4. The molecule has 0 saturated heterocycles. The van der Waals surface area contributed by atoms with Gasteiger partial charge in [0.25, 0.3) is 5.91 Å². The number of benzene rings is 3. The molecule has 0 bridgehead atoms. The average Bonchev–Trinajstić information content (AvgIpc) is 3.47. The molecule has 0 aliphatic heterocycles. The Bertz CT molecular complexity index is 1630. The normalized spacial score (nSPS) is 12.4. The van der Waals surface area contributed by atoms with Crippen LogP contribution in [0.5, 0.6) is 0 Å². The smallest absolute Gasteiger partial charge is 0.278 e. The molecule has 0 saturated carbocycles. The Hall–Kier alpha value is -4.09. The van der Waals surface area contributed by atoms with Gasteiger partial charge in [-0.3, -0.25) is 9.69 Å². The van der Waals surface area contributed by atoms with E-state index in [4.69, 9.17) is 11.6 Å². The predicted octanol–water partition coefficient (Wildman–Crippen LogP) is 8.14. The molecule has 2 aromatic heterocycles. The zero-order chi connectivity index (χ0) is 27.8. The molecule has 0 spiro atoms. The molecule has 39 heavy (non-hydrogen) atoms. The van der Waals surface area contributed by atoms with Gasteiger partial charge < -0.3 is 0 Å². The minimum absolute atomic E-state index is 0.00741. The Balaban J connectivity index is 1.63. The molecule has 2 heterocycles. The molecule has 198 valence electrons. The summed E-state index contributed by atoms with van der Waals surface area (Å²) < 4.78 is 68.1. The lowest BCUT2D eigenvalue weighted by Crippen LogP contribution is -2.33. The molecule has 3 aromatic carbocycles. The number of hydrogen-bond acceptors (Lipinski definition) is 4. The van der Waals surface area contributed by atoms with Crippen LogP contribution in [0, 0.1) is 0 Å². The molecular weight excluding hydrogens is 559 g/mol. The number of amides is 1. The summed E-state index contributed by atoms with van der Waals surface area (Å²) in [5, 5.41) is 2.34. The van der Waals surface area contributed by atoms with Gasteiger partial charge in [0, 0.05) is 23.0 Å². The van der Waals surface area contributed by atoms with E-state index in [2.05, 4.69) is 10.1 Å². The second kappa shape index (κ2) is 10.2. The van der Waals surface area contributed by atoms with E-state index in [1.807, 2.05) is 0 Å². The topological polar surface area (TPSA) is 50.5 Å². The van der Waals surface area contributed by atoms with Crippen molar-refractivity contribution in [3.63, 3.8) is 0 Å². The fourth-order valence-electron chi connectivity index (χ4n) is 3.80. The van der Waals surface area contributed by atoms with Gasteiger partial charge in [-0.1, -0.05) is 77.5 Å². The number of aromatic nitrogens is 3. The number of hydrogen-bond donors (Lipinski definition) is 0. The van der Waals surface area contributed by atoms with Gasteiger partial charge in [0.05, 0.1) is 10.7 Å². The first-order valence-corrected chi connectivity index (χ1v) is 12.5. The van der Waals surface area contributed by atoms with Gasteiger partial charge in [0.15, 0.2) is 5.01 Å². The lowest BCUT2D eigenvalue weighted by Gasteiger charge is -2.21. The second-order valence-electron chi connectivity index (χ2n) is 8.18. The Labute approximate surface area is 227 Å². The number of alkyl halides is 5. The Morgan fingerprint density at radius 2 is 1.44 bits per heavy atom. The fourth-order valence-corrected chi connectivity index (χ4v) is 4.92. The standard InChI is InChI=1S/C27H16ClF5N4OS/c28-20-14-8-7-13-19(20)23-21(37-25(34-23)39-24(35-37)26(29,30)27(31,32)33)15-16-22(38)36(17-9-3-1-4-10-17)18-11-5-2-6-12-18/h1-16H/b16-15+. The van der Waals surface area contributed by atoms with Crippen LogP contribution in [0.4, 0.5) is 33.3 Å². The van der Waals surface area contributed by atoms with Gasteiger partial charge in [-0.05, 0) is 36.4 Å². The van der Waals surface area contributed by atoms with E-state index in [0.717, 1.165) is 4.52 Å². The SMILES string of the molecule is O=C(/C=C/c1c(-c2ccccc2Cl)nc2sc(C(F)(F)C(F)(F)F)nn12)N(c1ccccc1)c1ccccc1. The number of anilines is 2. The van der Waals surface area contributed by atoms with E-state index in [1.165, 1.54) is 17.1 Å². The van der Waals surface area contributed by atoms with Crippen molar-refractivity contribution in [2.75, 3.05) is 4.90 Å². The maximum atomic E-state index is 14.1. The molecule has 0 aliphatic carbocycles. The number of imidazole rings is 1. The predicted molar refractivity (Wildman–Crippen MR) is 140 cm³/mol. The van der Waals surface area contributed by atoms with E-state index in [1.54, 1.807) is 84.9 Å². The van der Waals surface area contributed by atoms with Crippen molar-refractivity contribution < 1.29 is 26.7 Å². The third-order valence-electron chi connectivity index (χ3n) is 5.62. The van der Waals surface area contributed by atoms with Crippen LogP contribution in [0.3, 0.4) is 0 Å². The van der Waals surface area contributed by atoms with Crippen LogP contribution in [-0.2, 0) is 10.7 Å². The molecule has 5 aromatic rings. The van der Waals surface area contributed by atoms with E-state index in [9.17, 15) is 26.7 Å². The molecule has 5 rings (SSSR count). The fraction of sp³-hybridized carbons (Fsp3) is 0.0741. The zero-order valence-corrected chi connectivity index (χ0v) is 21.2. The molecule has 0 N–H and O–H groups in total. The minimum atomic E-state index is -5.84. The van der Waals surface area contributed by atoms with Crippen molar-refractivity contribution in [1.29, 1.82) is 0 Å². The summed E-state index contributed by atoms with van der Waals surface area (Å²) in [6.07, 6.45) is -3.40. The van der Waals surface area contributed by atoms with Crippen LogP contribution in [0.1, 0.15) is 10.7 Å². The van der Waals surface area contributed by atoms with Crippen LogP contribution in [0.15, 0.2) is 91.0 Å². The first-order chi connectivity index (χ1) is 18.6. The van der Waals surface area contributed by atoms with Gasteiger partial charge in [-0.15, -0.1) is 0 Å². The third kappa shape index (κ3) is 5.02. The molecule has 0 radical (unpaired) electrons. The highest BCUT2D eigenvalue weighted by Gasteiger charge is 2.61. The van der Waals surface area contributed by atoms with Crippen LogP contribution in [0.2, 0.25) is 5.02 Å². The van der Waals surface area contributed by atoms with Crippen molar-refractivity contribution in [3.8, 4) is 11.3 Å². The Kier molecular flexibility index (Phi) is 6.96. The van der Waals surface area contributed by atoms with Crippen molar-refractivity contribution in [2.24, 2.45) is 0 Å². The maximum absolute atomic E-state index is 14.1. The number of fused-ring (bicyclic) bond motifs is 1. The summed E-state index contributed by atoms with van der Waals surface area (Å²) >= 11 is 6.43. The summed E-state index contributed by atoms with van der Waals surface area (Å²) in [6, 6.07) is 24.1. The summed E-state index contributed by atoms with van der Waals surface area (Å²) in [4.78, 5) is 18.9. The average molecular weight is 575 g/mol. The monoisotopic (exact) mass is 574 g/mol. The molecule has 0 atom stereocenters. The molecule has 12 heteroatoms. The minimum Gasteiger partial charge on any atom is -0.278 e. The first kappa shape index (κ1) is 26.5. The highest BCUT2D eigenvalue weighted by atomic mass is 35.5. The van der Waals surface area contributed by atoms with E-state index < -0.39 is 23.0 Å². The maximum Gasteiger partial charge on any atom is 0.460 e. The van der Waals surface area contributed by atoms with Crippen molar-refractivity contribution in [1.82, 2.24) is 14.6 Å². The number of carbonyl (C=O) groups excluding carboxylic acids is 1. The highest BCUT2D eigenvalue weighted by Crippen LogP contribution is 2.46. The molecule has 1 amide bonds. The van der Waals surface area contributed by atoms with E-state index in [-0.39, 0.29) is 32.7 Å².